The molecule has 88 valence electrons. The number of piperidine rings is 1. The molecule has 0 bridgehead atoms. The molecule has 0 amide bonds. The van der Waals surface area contributed by atoms with Gasteiger partial charge in [-0.25, -0.2) is 8.78 Å². The van der Waals surface area contributed by atoms with Crippen LogP contribution in [0.2, 0.25) is 0 Å². The predicted octanol–water partition coefficient (Wildman–Crippen LogP) is 1.72. The Morgan fingerprint density at radius 1 is 1.27 bits per heavy atom. The summed E-state index contributed by atoms with van der Waals surface area (Å²) >= 11 is 0. The summed E-state index contributed by atoms with van der Waals surface area (Å²) in [6.07, 6.45) is 3.25. The molecule has 2 unspecified atom stereocenters. The molecule has 4 heteroatoms. The van der Waals surface area contributed by atoms with Crippen LogP contribution in [-0.2, 0) is 0 Å². The second-order valence-corrected chi connectivity index (χ2v) is 4.92. The molecule has 2 saturated heterocycles. The molecule has 0 spiro atoms. The smallest absolute Gasteiger partial charge is 0.267 e. The van der Waals surface area contributed by atoms with E-state index in [0.717, 1.165) is 25.9 Å². The maximum atomic E-state index is 14.1. The lowest BCUT2D eigenvalue weighted by atomic mass is 9.89. The molecular formula is C11H20F2N2. The molecule has 2 rings (SSSR count). The zero-order valence-electron chi connectivity index (χ0n) is 9.31. The molecule has 15 heavy (non-hydrogen) atoms. The van der Waals surface area contributed by atoms with Crippen LogP contribution in [0.15, 0.2) is 0 Å². The standard InChI is InChI=1S/C11H20F2N2/c1-15-7-5-9(8-15)11(12,13)10-4-2-3-6-14-10/h9-10,14H,2-8H2,1H3. The summed E-state index contributed by atoms with van der Waals surface area (Å²) in [5.74, 6) is -2.97. The fraction of sp³-hybridized carbons (Fsp3) is 1.00. The predicted molar refractivity (Wildman–Crippen MR) is 56.2 cm³/mol. The maximum absolute atomic E-state index is 14.1. The van der Waals surface area contributed by atoms with E-state index in [1.54, 1.807) is 0 Å². The molecule has 0 saturated carbocycles. The summed E-state index contributed by atoms with van der Waals surface area (Å²) < 4.78 is 28.2. The van der Waals surface area contributed by atoms with Crippen LogP contribution in [0, 0.1) is 5.92 Å². The lowest BCUT2D eigenvalue weighted by Crippen LogP contribution is -2.52. The summed E-state index contributed by atoms with van der Waals surface area (Å²) in [6.45, 7) is 2.11. The highest BCUT2D eigenvalue weighted by molar-refractivity contribution is 4.94. The number of likely N-dealkylation sites (tertiary alicyclic amines) is 1. The molecule has 2 heterocycles. The van der Waals surface area contributed by atoms with E-state index in [2.05, 4.69) is 5.32 Å². The van der Waals surface area contributed by atoms with E-state index in [1.807, 2.05) is 11.9 Å². The summed E-state index contributed by atoms with van der Waals surface area (Å²) in [5.41, 5.74) is 0. The lowest BCUT2D eigenvalue weighted by molar-refractivity contribution is -0.0912. The summed E-state index contributed by atoms with van der Waals surface area (Å²) in [4.78, 5) is 2.00. The van der Waals surface area contributed by atoms with Gasteiger partial charge in [0.05, 0.1) is 6.04 Å². The third-order valence-corrected chi connectivity index (χ3v) is 3.71. The minimum Gasteiger partial charge on any atom is -0.309 e. The van der Waals surface area contributed by atoms with Crippen LogP contribution in [0.25, 0.3) is 0 Å². The van der Waals surface area contributed by atoms with Crippen molar-refractivity contribution in [2.45, 2.75) is 37.6 Å². The molecule has 0 radical (unpaired) electrons. The first-order valence-electron chi connectivity index (χ1n) is 5.90. The van der Waals surface area contributed by atoms with Crippen molar-refractivity contribution in [2.24, 2.45) is 5.92 Å². The zero-order valence-corrected chi connectivity index (χ0v) is 9.31. The fourth-order valence-electron chi connectivity index (χ4n) is 2.71. The van der Waals surface area contributed by atoms with Gasteiger partial charge in [0.1, 0.15) is 0 Å². The SMILES string of the molecule is CN1CCC(C(F)(F)C2CCCCN2)C1. The third kappa shape index (κ3) is 2.31. The van der Waals surface area contributed by atoms with Gasteiger partial charge >= 0.3 is 0 Å². The van der Waals surface area contributed by atoms with Gasteiger partial charge in [-0.2, -0.15) is 0 Å². The minimum absolute atomic E-state index is 0.446. The Bertz CT molecular complexity index is 208. The molecule has 1 N–H and O–H groups in total. The van der Waals surface area contributed by atoms with Gasteiger partial charge in [0.25, 0.3) is 5.92 Å². The van der Waals surface area contributed by atoms with Crippen LogP contribution in [-0.4, -0.2) is 43.5 Å². The average Bonchev–Trinajstić information content (AvgIpc) is 2.67. The average molecular weight is 218 g/mol. The largest absolute Gasteiger partial charge is 0.309 e. The molecule has 0 aromatic heterocycles. The first kappa shape index (κ1) is 11.3. The highest BCUT2D eigenvalue weighted by atomic mass is 19.3. The normalized spacial score (nSPS) is 34.6. The fourth-order valence-corrected chi connectivity index (χ4v) is 2.71. The van der Waals surface area contributed by atoms with Gasteiger partial charge < -0.3 is 10.2 Å². The summed E-state index contributed by atoms with van der Waals surface area (Å²) in [6, 6.07) is -0.581. The van der Waals surface area contributed by atoms with Crippen molar-refractivity contribution >= 4 is 0 Å². The maximum Gasteiger partial charge on any atom is 0.267 e. The molecule has 0 aromatic carbocycles. The van der Waals surface area contributed by atoms with Crippen LogP contribution >= 0.6 is 0 Å². The molecule has 2 atom stereocenters. The van der Waals surface area contributed by atoms with Crippen LogP contribution in [0.4, 0.5) is 8.78 Å². The van der Waals surface area contributed by atoms with Crippen molar-refractivity contribution in [3.05, 3.63) is 0 Å². The van der Waals surface area contributed by atoms with Crippen molar-refractivity contribution in [1.29, 1.82) is 0 Å². The molecule has 0 aromatic rings. The van der Waals surface area contributed by atoms with Gasteiger partial charge in [-0.05, 0) is 39.4 Å². The first-order chi connectivity index (χ1) is 7.10. The van der Waals surface area contributed by atoms with Gasteiger partial charge in [-0.1, -0.05) is 6.42 Å². The van der Waals surface area contributed by atoms with Crippen molar-refractivity contribution in [1.82, 2.24) is 10.2 Å². The Balaban J connectivity index is 1.97. The number of hydrogen-bond acceptors (Lipinski definition) is 2. The van der Waals surface area contributed by atoms with Crippen LogP contribution < -0.4 is 5.32 Å². The van der Waals surface area contributed by atoms with Crippen LogP contribution in [0.5, 0.6) is 0 Å². The highest BCUT2D eigenvalue weighted by Gasteiger charge is 2.48. The van der Waals surface area contributed by atoms with Gasteiger partial charge in [-0.15, -0.1) is 0 Å². The topological polar surface area (TPSA) is 15.3 Å². The van der Waals surface area contributed by atoms with Crippen molar-refractivity contribution < 1.29 is 8.78 Å². The van der Waals surface area contributed by atoms with E-state index < -0.39 is 17.9 Å². The van der Waals surface area contributed by atoms with Crippen molar-refractivity contribution in [2.75, 3.05) is 26.7 Å². The number of nitrogens with zero attached hydrogens (tertiary/aromatic N) is 1. The number of hydrogen-bond donors (Lipinski definition) is 1. The van der Waals surface area contributed by atoms with E-state index >= 15 is 0 Å². The highest BCUT2D eigenvalue weighted by Crippen LogP contribution is 2.37. The van der Waals surface area contributed by atoms with E-state index in [9.17, 15) is 8.78 Å². The van der Waals surface area contributed by atoms with E-state index in [4.69, 9.17) is 0 Å². The quantitative estimate of drug-likeness (QED) is 0.759. The van der Waals surface area contributed by atoms with E-state index in [0.29, 0.717) is 19.4 Å². The number of alkyl halides is 2. The number of halogens is 2. The Morgan fingerprint density at radius 2 is 2.07 bits per heavy atom. The Kier molecular flexibility index (Phi) is 3.26. The molecule has 0 aliphatic carbocycles. The molecule has 2 aliphatic rings. The second kappa shape index (κ2) is 4.34. The molecule has 2 fully saturated rings. The number of rotatable bonds is 2. The third-order valence-electron chi connectivity index (χ3n) is 3.71. The van der Waals surface area contributed by atoms with Crippen molar-refractivity contribution in [3.8, 4) is 0 Å². The number of nitrogens with one attached hydrogen (secondary N) is 1. The zero-order chi connectivity index (χ0) is 10.9. The van der Waals surface area contributed by atoms with E-state index in [-0.39, 0.29) is 0 Å². The van der Waals surface area contributed by atoms with Gasteiger partial charge in [-0.3, -0.25) is 0 Å². The Hall–Kier alpha value is -0.220. The van der Waals surface area contributed by atoms with Crippen LogP contribution in [0.3, 0.4) is 0 Å². The second-order valence-electron chi connectivity index (χ2n) is 4.92. The van der Waals surface area contributed by atoms with Gasteiger partial charge in [0.15, 0.2) is 0 Å². The van der Waals surface area contributed by atoms with Gasteiger partial charge in [0, 0.05) is 12.5 Å². The Morgan fingerprint density at radius 3 is 2.60 bits per heavy atom. The summed E-state index contributed by atoms with van der Waals surface area (Å²) in [7, 11) is 1.92. The first-order valence-corrected chi connectivity index (χ1v) is 5.90. The van der Waals surface area contributed by atoms with Crippen LogP contribution in [0.1, 0.15) is 25.7 Å². The summed E-state index contributed by atoms with van der Waals surface area (Å²) in [5, 5.41) is 2.98. The minimum atomic E-state index is -2.52. The molecule has 2 aliphatic heterocycles. The Labute approximate surface area is 90.0 Å². The van der Waals surface area contributed by atoms with Crippen molar-refractivity contribution in [3.63, 3.8) is 0 Å². The monoisotopic (exact) mass is 218 g/mol. The molecular weight excluding hydrogens is 198 g/mol. The molecule has 2 nitrogen and oxygen atoms in total. The van der Waals surface area contributed by atoms with E-state index in [1.165, 1.54) is 0 Å². The lowest BCUT2D eigenvalue weighted by Gasteiger charge is -2.34. The van der Waals surface area contributed by atoms with Gasteiger partial charge in [0.2, 0.25) is 0 Å².